The second kappa shape index (κ2) is 3.51. The Morgan fingerprint density at radius 3 is 2.76 bits per heavy atom. The number of fused-ring (bicyclic) bond motifs is 1. The molecule has 2 aromatic heterocycles. The van der Waals surface area contributed by atoms with E-state index in [0.717, 1.165) is 4.52 Å². The summed E-state index contributed by atoms with van der Waals surface area (Å²) in [5.74, 6) is 0.0384. The third-order valence-corrected chi connectivity index (χ3v) is 2.43. The van der Waals surface area contributed by atoms with E-state index < -0.39 is 0 Å². The molecule has 1 aromatic carbocycles. The second-order valence-corrected chi connectivity index (χ2v) is 3.52. The highest BCUT2D eigenvalue weighted by molar-refractivity contribution is 5.60. The van der Waals surface area contributed by atoms with Crippen molar-refractivity contribution in [2.45, 2.75) is 0 Å². The summed E-state index contributed by atoms with van der Waals surface area (Å²) < 4.78 is 13.9. The number of H-pyrrole nitrogens is 1. The summed E-state index contributed by atoms with van der Waals surface area (Å²) in [6.07, 6.45) is 1.29. The maximum absolute atomic E-state index is 12.8. The molecule has 5 nitrogen and oxygen atoms in total. The van der Waals surface area contributed by atoms with Gasteiger partial charge in [0, 0.05) is 6.07 Å². The minimum Gasteiger partial charge on any atom is -0.323 e. The summed E-state index contributed by atoms with van der Waals surface area (Å²) in [7, 11) is 0. The number of benzene rings is 1. The number of aromatic nitrogens is 4. The zero-order chi connectivity index (χ0) is 11.8. The molecule has 0 saturated heterocycles. The van der Waals surface area contributed by atoms with Crippen LogP contribution in [0.2, 0.25) is 0 Å². The number of nitrogens with one attached hydrogen (secondary N) is 1. The number of aromatic amines is 1. The SMILES string of the molecule is O=c1cc(-c2ccc(F)cc2)[nH]c2ncnn12. The fourth-order valence-corrected chi connectivity index (χ4v) is 1.61. The number of rotatable bonds is 1. The van der Waals surface area contributed by atoms with Crippen molar-refractivity contribution in [1.29, 1.82) is 0 Å². The summed E-state index contributed by atoms with van der Waals surface area (Å²) in [6.45, 7) is 0. The van der Waals surface area contributed by atoms with E-state index in [-0.39, 0.29) is 11.4 Å². The van der Waals surface area contributed by atoms with Crippen molar-refractivity contribution < 1.29 is 4.39 Å². The molecule has 6 heteroatoms. The Kier molecular flexibility index (Phi) is 2.01. The molecule has 84 valence electrons. The molecular weight excluding hydrogens is 223 g/mol. The molecule has 0 aliphatic heterocycles. The monoisotopic (exact) mass is 230 g/mol. The Balaban J connectivity index is 2.23. The number of hydrogen-bond donors (Lipinski definition) is 1. The van der Waals surface area contributed by atoms with Gasteiger partial charge in [0.1, 0.15) is 12.1 Å². The summed E-state index contributed by atoms with van der Waals surface area (Å²) >= 11 is 0. The Morgan fingerprint density at radius 1 is 1.24 bits per heavy atom. The third-order valence-electron chi connectivity index (χ3n) is 2.43. The smallest absolute Gasteiger partial charge is 0.276 e. The van der Waals surface area contributed by atoms with Crippen molar-refractivity contribution in [3.63, 3.8) is 0 Å². The van der Waals surface area contributed by atoms with E-state index in [1.165, 1.54) is 24.5 Å². The van der Waals surface area contributed by atoms with Gasteiger partial charge in [-0.2, -0.15) is 14.6 Å². The Morgan fingerprint density at radius 2 is 2.00 bits per heavy atom. The summed E-state index contributed by atoms with van der Waals surface area (Å²) in [5, 5.41) is 3.77. The lowest BCUT2D eigenvalue weighted by atomic mass is 10.1. The van der Waals surface area contributed by atoms with Crippen LogP contribution >= 0.6 is 0 Å². The highest BCUT2D eigenvalue weighted by Gasteiger charge is 2.05. The lowest BCUT2D eigenvalue weighted by Crippen LogP contribution is -2.14. The molecule has 3 rings (SSSR count). The fraction of sp³-hybridized carbons (Fsp3) is 0. The van der Waals surface area contributed by atoms with Crippen molar-refractivity contribution in [1.82, 2.24) is 19.6 Å². The maximum Gasteiger partial charge on any atom is 0.276 e. The second-order valence-electron chi connectivity index (χ2n) is 3.52. The summed E-state index contributed by atoms with van der Waals surface area (Å²) in [5.41, 5.74) is 1.01. The van der Waals surface area contributed by atoms with Gasteiger partial charge < -0.3 is 4.98 Å². The van der Waals surface area contributed by atoms with Crippen LogP contribution in [0.15, 0.2) is 41.5 Å². The van der Waals surface area contributed by atoms with Crippen LogP contribution in [-0.4, -0.2) is 19.6 Å². The molecule has 3 aromatic rings. The lowest BCUT2D eigenvalue weighted by Gasteiger charge is -2.01. The minimum absolute atomic E-state index is 0.282. The molecule has 0 aliphatic rings. The van der Waals surface area contributed by atoms with Gasteiger partial charge in [0.2, 0.25) is 5.78 Å². The third kappa shape index (κ3) is 1.59. The van der Waals surface area contributed by atoms with Crippen molar-refractivity contribution in [3.8, 4) is 11.3 Å². The summed E-state index contributed by atoms with van der Waals surface area (Å²) in [6, 6.07) is 7.25. The van der Waals surface area contributed by atoms with E-state index in [0.29, 0.717) is 17.0 Å². The van der Waals surface area contributed by atoms with Crippen LogP contribution in [0.25, 0.3) is 17.0 Å². The number of hydrogen-bond acceptors (Lipinski definition) is 3. The maximum atomic E-state index is 12.8. The first-order chi connectivity index (χ1) is 8.24. The zero-order valence-electron chi connectivity index (χ0n) is 8.59. The van der Waals surface area contributed by atoms with Gasteiger partial charge in [0.15, 0.2) is 0 Å². The van der Waals surface area contributed by atoms with Gasteiger partial charge in [-0.3, -0.25) is 4.79 Å². The van der Waals surface area contributed by atoms with Gasteiger partial charge in [-0.15, -0.1) is 0 Å². The largest absolute Gasteiger partial charge is 0.323 e. The van der Waals surface area contributed by atoms with Crippen molar-refractivity contribution >= 4 is 5.78 Å². The summed E-state index contributed by atoms with van der Waals surface area (Å²) in [4.78, 5) is 18.5. The Labute approximate surface area is 94.6 Å². The molecule has 0 fully saturated rings. The first kappa shape index (κ1) is 9.71. The molecular formula is C11H7FN4O. The molecule has 0 radical (unpaired) electrons. The van der Waals surface area contributed by atoms with Crippen LogP contribution in [0.5, 0.6) is 0 Å². The van der Waals surface area contributed by atoms with E-state index in [2.05, 4.69) is 15.1 Å². The van der Waals surface area contributed by atoms with E-state index in [9.17, 15) is 9.18 Å². The molecule has 0 bridgehead atoms. The zero-order valence-corrected chi connectivity index (χ0v) is 8.59. The first-order valence-corrected chi connectivity index (χ1v) is 4.93. The van der Waals surface area contributed by atoms with Crippen LogP contribution < -0.4 is 5.56 Å². The number of nitrogens with zero attached hydrogens (tertiary/aromatic N) is 3. The average molecular weight is 230 g/mol. The van der Waals surface area contributed by atoms with E-state index in [1.54, 1.807) is 12.1 Å². The molecule has 17 heavy (non-hydrogen) atoms. The Hall–Kier alpha value is -2.50. The van der Waals surface area contributed by atoms with Crippen LogP contribution in [-0.2, 0) is 0 Å². The predicted octanol–water partition coefficient (Wildman–Crippen LogP) is 1.22. The highest BCUT2D eigenvalue weighted by Crippen LogP contribution is 2.15. The van der Waals surface area contributed by atoms with Crippen LogP contribution in [0.1, 0.15) is 0 Å². The van der Waals surface area contributed by atoms with Crippen molar-refractivity contribution in [3.05, 3.63) is 52.8 Å². The van der Waals surface area contributed by atoms with Gasteiger partial charge in [-0.25, -0.2) is 4.39 Å². The average Bonchev–Trinajstić information content (AvgIpc) is 2.78. The molecule has 1 N–H and O–H groups in total. The van der Waals surface area contributed by atoms with Crippen molar-refractivity contribution in [2.75, 3.05) is 0 Å². The molecule has 0 atom stereocenters. The van der Waals surface area contributed by atoms with E-state index in [1.807, 2.05) is 0 Å². The molecule has 0 aliphatic carbocycles. The van der Waals surface area contributed by atoms with E-state index in [4.69, 9.17) is 0 Å². The van der Waals surface area contributed by atoms with E-state index >= 15 is 0 Å². The molecule has 0 spiro atoms. The highest BCUT2D eigenvalue weighted by atomic mass is 19.1. The van der Waals surface area contributed by atoms with Gasteiger partial charge in [0.25, 0.3) is 5.56 Å². The minimum atomic E-state index is -0.320. The molecule has 2 heterocycles. The predicted molar refractivity (Wildman–Crippen MR) is 59.0 cm³/mol. The molecule has 0 unspecified atom stereocenters. The lowest BCUT2D eigenvalue weighted by molar-refractivity contribution is 0.628. The molecule has 0 saturated carbocycles. The quantitative estimate of drug-likeness (QED) is 0.683. The van der Waals surface area contributed by atoms with Gasteiger partial charge in [0.05, 0.1) is 5.69 Å². The van der Waals surface area contributed by atoms with Crippen molar-refractivity contribution in [2.24, 2.45) is 0 Å². The van der Waals surface area contributed by atoms with Crippen LogP contribution in [0.3, 0.4) is 0 Å². The number of halogens is 1. The topological polar surface area (TPSA) is 63.0 Å². The molecule has 0 amide bonds. The standard InChI is InChI=1S/C11H7FN4O/c12-8-3-1-7(2-4-8)9-5-10(17)16-11(15-9)13-6-14-16/h1-6H,(H,13,14,15). The normalized spacial score (nSPS) is 10.9. The van der Waals surface area contributed by atoms with Crippen LogP contribution in [0, 0.1) is 5.82 Å². The first-order valence-electron chi connectivity index (χ1n) is 4.93. The van der Waals surface area contributed by atoms with Gasteiger partial charge >= 0.3 is 0 Å². The van der Waals surface area contributed by atoms with Gasteiger partial charge in [-0.05, 0) is 29.8 Å². The van der Waals surface area contributed by atoms with Gasteiger partial charge in [-0.1, -0.05) is 0 Å². The Bertz CT molecular complexity index is 729. The van der Waals surface area contributed by atoms with Crippen LogP contribution in [0.4, 0.5) is 4.39 Å². The fourth-order valence-electron chi connectivity index (χ4n) is 1.61.